The molecule has 0 saturated carbocycles. The Morgan fingerprint density at radius 2 is 0.923 bits per heavy atom. The molecule has 3 rings (SSSR count). The number of rotatable bonds is 8. The highest BCUT2D eigenvalue weighted by molar-refractivity contribution is 7.92. The monoisotopic (exact) mass is 617 g/mol. The summed E-state index contributed by atoms with van der Waals surface area (Å²) in [5.41, 5.74) is -3.17. The summed E-state index contributed by atoms with van der Waals surface area (Å²) in [7, 11) is -9.95. The molecule has 3 aliphatic rings. The number of carbonyl (C=O) groups excluding carboxylic acids is 3. The van der Waals surface area contributed by atoms with Crippen molar-refractivity contribution in [2.75, 3.05) is 47.7 Å². The Bertz CT molecular complexity index is 1250. The van der Waals surface area contributed by atoms with Crippen molar-refractivity contribution in [2.24, 2.45) is 0 Å². The molecule has 3 fully saturated rings. The van der Waals surface area contributed by atoms with Crippen molar-refractivity contribution in [3.63, 3.8) is 0 Å². The number of nitrogens with one attached hydrogen (secondary N) is 3. The molecule has 39 heavy (non-hydrogen) atoms. The Labute approximate surface area is 227 Å². The molecule has 0 radical (unpaired) electrons. The number of alkyl carbamates (subject to hydrolysis) is 3. The molecule has 0 aromatic heterocycles. The summed E-state index contributed by atoms with van der Waals surface area (Å²) in [5.74, 6) is -1.11. The van der Waals surface area contributed by atoms with Gasteiger partial charge in [-0.3, -0.25) is 0 Å². The number of hydrogen-bond donors (Lipinski definition) is 3. The molecule has 15 nitrogen and oxygen atoms in total. The van der Waals surface area contributed by atoms with Gasteiger partial charge in [0.25, 0.3) is 0 Å². The van der Waals surface area contributed by atoms with Crippen molar-refractivity contribution in [1.82, 2.24) is 16.0 Å². The first kappa shape index (κ1) is 31.2. The van der Waals surface area contributed by atoms with Gasteiger partial charge in [0.15, 0.2) is 35.6 Å². The van der Waals surface area contributed by atoms with E-state index in [4.69, 9.17) is 14.2 Å². The SMILES string of the molecule is CC1(NC(=O)OCC(COC(=O)NC2(C)CCS(=O)(=O)C2)OC(=O)NC2(C)CCS(=O)(=O)C2)CCS(=O)(=O)C1. The molecule has 3 N–H and O–H groups in total. The fourth-order valence-electron chi connectivity index (χ4n) is 4.77. The predicted molar refractivity (Wildman–Crippen MR) is 137 cm³/mol. The zero-order valence-electron chi connectivity index (χ0n) is 22.0. The Morgan fingerprint density at radius 3 is 1.21 bits per heavy atom. The van der Waals surface area contributed by atoms with Crippen molar-refractivity contribution in [2.45, 2.75) is 62.8 Å². The minimum absolute atomic E-state index is 0.0899. The molecule has 18 heteroatoms. The van der Waals surface area contributed by atoms with Crippen LogP contribution >= 0.6 is 0 Å². The summed E-state index contributed by atoms with van der Waals surface area (Å²) in [6.07, 6.45) is -3.79. The fraction of sp³-hybridized carbons (Fsp3) is 0.857. The van der Waals surface area contributed by atoms with E-state index in [0.717, 1.165) is 0 Å². The van der Waals surface area contributed by atoms with E-state index in [0.29, 0.717) is 0 Å². The summed E-state index contributed by atoms with van der Waals surface area (Å²) in [4.78, 5) is 37.2. The molecule has 0 bridgehead atoms. The van der Waals surface area contributed by atoms with E-state index in [1.807, 2.05) is 0 Å². The van der Waals surface area contributed by atoms with Crippen LogP contribution in [0.1, 0.15) is 40.0 Å². The predicted octanol–water partition coefficient (Wildman–Crippen LogP) is -0.735. The van der Waals surface area contributed by atoms with Crippen molar-refractivity contribution in [3.05, 3.63) is 0 Å². The van der Waals surface area contributed by atoms with E-state index in [1.54, 1.807) is 13.8 Å². The molecule has 224 valence electrons. The quantitative estimate of drug-likeness (QED) is 0.287. The molecule has 3 atom stereocenters. The van der Waals surface area contributed by atoms with Crippen molar-refractivity contribution in [3.8, 4) is 0 Å². The van der Waals surface area contributed by atoms with Crippen LogP contribution in [-0.4, -0.2) is 114 Å². The lowest BCUT2D eigenvalue weighted by molar-refractivity contribution is 0.00295. The van der Waals surface area contributed by atoms with Crippen LogP contribution in [0, 0.1) is 0 Å². The first-order valence-corrected chi connectivity index (χ1v) is 17.7. The molecule has 3 amide bonds. The third-order valence-electron chi connectivity index (χ3n) is 6.80. The van der Waals surface area contributed by atoms with Crippen LogP contribution in [0.15, 0.2) is 0 Å². The van der Waals surface area contributed by atoms with E-state index in [2.05, 4.69) is 16.0 Å². The second kappa shape index (κ2) is 10.9. The second-order valence-electron chi connectivity index (χ2n) is 11.3. The van der Waals surface area contributed by atoms with Gasteiger partial charge < -0.3 is 30.2 Å². The summed E-state index contributed by atoms with van der Waals surface area (Å²) in [6.45, 7) is 3.46. The summed E-state index contributed by atoms with van der Waals surface area (Å²) < 4.78 is 86.2. The standard InChI is InChI=1S/C21H35N3O12S3/c1-19(4-7-37(28,29)12-19)22-16(25)34-10-15(36-18(27)24-21(3)6-9-39(32,33)14-21)11-35-17(26)23-20(2)5-8-38(30,31)13-20/h15H,4-14H2,1-3H3,(H,22,25)(H,23,26)(H,24,27). The van der Waals surface area contributed by atoms with Gasteiger partial charge >= 0.3 is 18.3 Å². The molecule has 3 saturated heterocycles. The molecule has 0 aliphatic carbocycles. The molecular weight excluding hydrogens is 582 g/mol. The van der Waals surface area contributed by atoms with Crippen LogP contribution in [0.4, 0.5) is 14.4 Å². The first-order chi connectivity index (χ1) is 17.7. The van der Waals surface area contributed by atoms with Crippen LogP contribution in [0.3, 0.4) is 0 Å². The van der Waals surface area contributed by atoms with Crippen molar-refractivity contribution >= 4 is 47.8 Å². The average Bonchev–Trinajstić information content (AvgIpc) is 3.31. The molecule has 0 aromatic rings. The van der Waals surface area contributed by atoms with E-state index >= 15 is 0 Å². The van der Waals surface area contributed by atoms with Gasteiger partial charge in [-0.25, -0.2) is 39.6 Å². The van der Waals surface area contributed by atoms with Gasteiger partial charge in [0.2, 0.25) is 0 Å². The van der Waals surface area contributed by atoms with E-state index in [1.165, 1.54) is 6.92 Å². The maximum Gasteiger partial charge on any atom is 0.408 e. The number of hydrogen-bond acceptors (Lipinski definition) is 12. The maximum atomic E-state index is 12.5. The summed E-state index contributed by atoms with van der Waals surface area (Å²) in [5, 5.41) is 7.44. The smallest absolute Gasteiger partial charge is 0.408 e. The Hall–Kier alpha value is -2.34. The third-order valence-corrected chi connectivity index (χ3v) is 12.5. The summed E-state index contributed by atoms with van der Waals surface area (Å²) in [6, 6.07) is 0. The Morgan fingerprint density at radius 1 is 0.615 bits per heavy atom. The lowest BCUT2D eigenvalue weighted by Gasteiger charge is -2.27. The molecule has 3 unspecified atom stereocenters. The molecule has 3 aliphatic heterocycles. The van der Waals surface area contributed by atoms with Crippen LogP contribution in [0.2, 0.25) is 0 Å². The minimum atomic E-state index is -3.33. The normalized spacial score (nSPS) is 33.0. The number of carbonyl (C=O) groups is 3. The number of ether oxygens (including phenoxy) is 3. The Kier molecular flexibility index (Phi) is 8.73. The van der Waals surface area contributed by atoms with Gasteiger partial charge in [0.1, 0.15) is 13.2 Å². The topological polar surface area (TPSA) is 217 Å². The van der Waals surface area contributed by atoms with Gasteiger partial charge in [-0.2, -0.15) is 0 Å². The Balaban J connectivity index is 1.58. The lowest BCUT2D eigenvalue weighted by Crippen LogP contribution is -2.50. The van der Waals surface area contributed by atoms with E-state index < -0.39 is 83.7 Å². The third kappa shape index (κ3) is 9.37. The van der Waals surface area contributed by atoms with Gasteiger partial charge in [-0.15, -0.1) is 0 Å². The first-order valence-electron chi connectivity index (χ1n) is 12.2. The lowest BCUT2D eigenvalue weighted by atomic mass is 10.0. The van der Waals surface area contributed by atoms with Gasteiger partial charge in [0, 0.05) is 0 Å². The minimum Gasteiger partial charge on any atom is -0.445 e. The van der Waals surface area contributed by atoms with Gasteiger partial charge in [-0.05, 0) is 40.0 Å². The molecule has 0 aromatic carbocycles. The van der Waals surface area contributed by atoms with Crippen LogP contribution in [0.5, 0.6) is 0 Å². The number of amides is 3. The van der Waals surface area contributed by atoms with E-state index in [-0.39, 0.29) is 53.8 Å². The van der Waals surface area contributed by atoms with Crippen molar-refractivity contribution in [1.29, 1.82) is 0 Å². The zero-order valence-corrected chi connectivity index (χ0v) is 24.4. The van der Waals surface area contributed by atoms with Crippen LogP contribution in [-0.2, 0) is 43.7 Å². The molecule has 0 spiro atoms. The largest absolute Gasteiger partial charge is 0.445 e. The van der Waals surface area contributed by atoms with Crippen LogP contribution in [0.25, 0.3) is 0 Å². The molecule has 3 heterocycles. The van der Waals surface area contributed by atoms with Gasteiger partial charge in [0.05, 0.1) is 51.1 Å². The number of sulfone groups is 3. The van der Waals surface area contributed by atoms with Crippen LogP contribution < -0.4 is 16.0 Å². The molecular formula is C21H35N3O12S3. The highest BCUT2D eigenvalue weighted by Gasteiger charge is 2.42. The summed E-state index contributed by atoms with van der Waals surface area (Å²) >= 11 is 0. The highest BCUT2D eigenvalue weighted by Crippen LogP contribution is 2.25. The average molecular weight is 618 g/mol. The highest BCUT2D eigenvalue weighted by atomic mass is 32.2. The van der Waals surface area contributed by atoms with Gasteiger partial charge in [-0.1, -0.05) is 0 Å². The fourth-order valence-corrected chi connectivity index (χ4v) is 11.1. The van der Waals surface area contributed by atoms with E-state index in [9.17, 15) is 39.6 Å². The maximum absolute atomic E-state index is 12.5. The van der Waals surface area contributed by atoms with Crippen molar-refractivity contribution < 1.29 is 53.8 Å². The zero-order chi connectivity index (χ0) is 29.3. The second-order valence-corrected chi connectivity index (χ2v) is 17.9.